The number of benzene rings is 2. The van der Waals surface area contributed by atoms with Crippen molar-refractivity contribution in [2.24, 2.45) is 0 Å². The van der Waals surface area contributed by atoms with Crippen LogP contribution in [-0.4, -0.2) is 55.6 Å². The third-order valence-electron chi connectivity index (χ3n) is 4.99. The molecule has 1 saturated heterocycles. The number of nitro benzene ring substituents is 1. The Balaban J connectivity index is 1.45. The van der Waals surface area contributed by atoms with Gasteiger partial charge in [0.1, 0.15) is 6.10 Å². The van der Waals surface area contributed by atoms with Gasteiger partial charge in [0.05, 0.1) is 10.5 Å². The molecule has 1 aliphatic heterocycles. The highest BCUT2D eigenvalue weighted by atomic mass is 16.6. The van der Waals surface area contributed by atoms with E-state index in [2.05, 4.69) is 34.1 Å². The van der Waals surface area contributed by atoms with E-state index >= 15 is 0 Å². The van der Waals surface area contributed by atoms with E-state index in [4.69, 9.17) is 4.74 Å². The summed E-state index contributed by atoms with van der Waals surface area (Å²) < 4.78 is 5.57. The highest BCUT2D eigenvalue weighted by molar-refractivity contribution is 5.89. The Hall–Kier alpha value is -2.93. The molecular weight excluding hydrogens is 358 g/mol. The molecule has 0 spiro atoms. The van der Waals surface area contributed by atoms with Gasteiger partial charge in [-0.05, 0) is 42.7 Å². The molecule has 0 amide bonds. The summed E-state index contributed by atoms with van der Waals surface area (Å²) in [4.78, 5) is 26.8. The van der Waals surface area contributed by atoms with Gasteiger partial charge in [0.2, 0.25) is 0 Å². The molecule has 0 radical (unpaired) electrons. The van der Waals surface area contributed by atoms with E-state index in [1.807, 2.05) is 14.1 Å². The second kappa shape index (κ2) is 8.84. The fraction of sp³-hybridized carbons (Fsp3) is 0.381. The van der Waals surface area contributed by atoms with Gasteiger partial charge in [0.25, 0.3) is 5.69 Å². The zero-order chi connectivity index (χ0) is 20.1. The number of hydrogen-bond acceptors (Lipinski definition) is 6. The molecule has 0 N–H and O–H groups in total. The molecular formula is C21H25N3O4. The molecule has 2 aromatic carbocycles. The summed E-state index contributed by atoms with van der Waals surface area (Å²) in [7, 11) is 4.05. The molecule has 1 atom stereocenters. The van der Waals surface area contributed by atoms with E-state index in [0.29, 0.717) is 12.1 Å². The summed E-state index contributed by atoms with van der Waals surface area (Å²) >= 11 is 0. The van der Waals surface area contributed by atoms with E-state index in [9.17, 15) is 14.9 Å². The summed E-state index contributed by atoms with van der Waals surface area (Å²) in [5.74, 6) is -0.430. The fourth-order valence-corrected chi connectivity index (χ4v) is 3.28. The second-order valence-electron chi connectivity index (χ2n) is 7.23. The van der Waals surface area contributed by atoms with Gasteiger partial charge < -0.3 is 9.64 Å². The zero-order valence-electron chi connectivity index (χ0n) is 16.2. The van der Waals surface area contributed by atoms with Crippen LogP contribution in [0.25, 0.3) is 0 Å². The quantitative estimate of drug-likeness (QED) is 0.415. The van der Waals surface area contributed by atoms with E-state index < -0.39 is 10.9 Å². The molecule has 1 heterocycles. The predicted octanol–water partition coefficient (Wildman–Crippen LogP) is 3.13. The highest BCUT2D eigenvalue weighted by Gasteiger charge is 2.26. The number of carbonyl (C=O) groups is 1. The number of carbonyl (C=O) groups excluding carboxylic acids is 1. The Kier molecular flexibility index (Phi) is 6.26. The maximum Gasteiger partial charge on any atom is 0.338 e. The number of nitrogens with zero attached hydrogens (tertiary/aromatic N) is 3. The van der Waals surface area contributed by atoms with Gasteiger partial charge >= 0.3 is 5.97 Å². The molecule has 2 aromatic rings. The largest absolute Gasteiger partial charge is 0.457 e. The van der Waals surface area contributed by atoms with Crippen molar-refractivity contribution in [3.63, 3.8) is 0 Å². The molecule has 7 nitrogen and oxygen atoms in total. The first-order valence-electron chi connectivity index (χ1n) is 9.36. The Bertz CT molecular complexity index is 819. The zero-order valence-corrected chi connectivity index (χ0v) is 16.2. The molecule has 0 aromatic heterocycles. The van der Waals surface area contributed by atoms with Crippen molar-refractivity contribution in [2.45, 2.75) is 18.9 Å². The summed E-state index contributed by atoms with van der Waals surface area (Å²) in [6.45, 7) is 2.54. The number of anilines is 1. The van der Waals surface area contributed by atoms with Crippen molar-refractivity contribution in [3.05, 3.63) is 69.8 Å². The Labute approximate surface area is 164 Å². The maximum absolute atomic E-state index is 12.2. The standard InChI is InChI=1S/C21H25N3O4/c1-22(2)18-7-3-16(4-8-18)11-13-23-14-12-20(15-23)28-21(25)17-5-9-19(10-6-17)24(26)27/h3-10,20H,11-15H2,1-2H3/t20-/m0/s1. The SMILES string of the molecule is CN(C)c1ccc(CCN2CC[C@H](OC(=O)c3ccc([N+](=O)[O-])cc3)C2)cc1. The minimum Gasteiger partial charge on any atom is -0.457 e. The third kappa shape index (κ3) is 5.07. The van der Waals surface area contributed by atoms with E-state index in [1.165, 1.54) is 35.5 Å². The number of likely N-dealkylation sites (tertiary alicyclic amines) is 1. The maximum atomic E-state index is 12.2. The van der Waals surface area contributed by atoms with Gasteiger partial charge in [0.15, 0.2) is 0 Å². The van der Waals surface area contributed by atoms with Gasteiger partial charge in [-0.2, -0.15) is 0 Å². The summed E-state index contributed by atoms with van der Waals surface area (Å²) in [6, 6.07) is 14.0. The molecule has 1 fully saturated rings. The van der Waals surface area contributed by atoms with Crippen molar-refractivity contribution >= 4 is 17.3 Å². The van der Waals surface area contributed by atoms with E-state index in [-0.39, 0.29) is 11.8 Å². The summed E-state index contributed by atoms with van der Waals surface area (Å²) in [5, 5.41) is 10.7. The number of ether oxygens (including phenoxy) is 1. The fourth-order valence-electron chi connectivity index (χ4n) is 3.28. The molecule has 0 saturated carbocycles. The Morgan fingerprint density at radius 2 is 1.86 bits per heavy atom. The van der Waals surface area contributed by atoms with Crippen molar-refractivity contribution < 1.29 is 14.5 Å². The van der Waals surface area contributed by atoms with Gasteiger partial charge in [-0.25, -0.2) is 4.79 Å². The molecule has 148 valence electrons. The van der Waals surface area contributed by atoms with Crippen LogP contribution in [0.3, 0.4) is 0 Å². The van der Waals surface area contributed by atoms with Crippen LogP contribution < -0.4 is 4.90 Å². The lowest BCUT2D eigenvalue weighted by atomic mass is 10.1. The first kappa shape index (κ1) is 19.8. The summed E-state index contributed by atoms with van der Waals surface area (Å²) in [6.07, 6.45) is 1.62. The molecule has 3 rings (SSSR count). The van der Waals surface area contributed by atoms with Crippen molar-refractivity contribution in [1.82, 2.24) is 4.90 Å². The monoisotopic (exact) mass is 383 g/mol. The number of nitro groups is 1. The van der Waals surface area contributed by atoms with Crippen LogP contribution in [0.4, 0.5) is 11.4 Å². The third-order valence-corrected chi connectivity index (χ3v) is 4.99. The van der Waals surface area contributed by atoms with Gasteiger partial charge in [-0.1, -0.05) is 12.1 Å². The number of esters is 1. The lowest BCUT2D eigenvalue weighted by Gasteiger charge is -2.17. The molecule has 0 aliphatic carbocycles. The number of rotatable bonds is 7. The number of hydrogen-bond donors (Lipinski definition) is 0. The first-order chi connectivity index (χ1) is 13.4. The van der Waals surface area contributed by atoms with Crippen LogP contribution in [0, 0.1) is 10.1 Å². The molecule has 0 bridgehead atoms. The Morgan fingerprint density at radius 1 is 1.18 bits per heavy atom. The minimum atomic E-state index is -0.488. The summed E-state index contributed by atoms with van der Waals surface area (Å²) in [5.41, 5.74) is 2.77. The molecule has 0 unspecified atom stereocenters. The van der Waals surface area contributed by atoms with Crippen LogP contribution in [0.5, 0.6) is 0 Å². The highest BCUT2D eigenvalue weighted by Crippen LogP contribution is 2.18. The van der Waals surface area contributed by atoms with Crippen LogP contribution in [0.15, 0.2) is 48.5 Å². The Morgan fingerprint density at radius 3 is 2.46 bits per heavy atom. The van der Waals surface area contributed by atoms with Crippen molar-refractivity contribution in [3.8, 4) is 0 Å². The predicted molar refractivity (Wildman–Crippen MR) is 108 cm³/mol. The second-order valence-corrected chi connectivity index (χ2v) is 7.23. The first-order valence-corrected chi connectivity index (χ1v) is 9.36. The lowest BCUT2D eigenvalue weighted by molar-refractivity contribution is -0.384. The normalized spacial score (nSPS) is 16.7. The van der Waals surface area contributed by atoms with E-state index in [1.54, 1.807) is 0 Å². The van der Waals surface area contributed by atoms with Crippen LogP contribution >= 0.6 is 0 Å². The van der Waals surface area contributed by atoms with E-state index in [0.717, 1.165) is 25.9 Å². The van der Waals surface area contributed by atoms with Gasteiger partial charge in [-0.3, -0.25) is 15.0 Å². The number of non-ortho nitro benzene ring substituents is 1. The van der Waals surface area contributed by atoms with Crippen molar-refractivity contribution in [2.75, 3.05) is 38.6 Å². The molecule has 7 heteroatoms. The smallest absolute Gasteiger partial charge is 0.338 e. The molecule has 1 aliphatic rings. The van der Waals surface area contributed by atoms with Crippen LogP contribution in [0.1, 0.15) is 22.3 Å². The van der Waals surface area contributed by atoms with Gasteiger partial charge in [-0.15, -0.1) is 0 Å². The minimum absolute atomic E-state index is 0.0396. The lowest BCUT2D eigenvalue weighted by Crippen LogP contribution is -2.26. The molecule has 28 heavy (non-hydrogen) atoms. The van der Waals surface area contributed by atoms with Crippen molar-refractivity contribution in [1.29, 1.82) is 0 Å². The van der Waals surface area contributed by atoms with Crippen LogP contribution in [0.2, 0.25) is 0 Å². The average molecular weight is 383 g/mol. The topological polar surface area (TPSA) is 75.9 Å². The average Bonchev–Trinajstić information content (AvgIpc) is 3.14. The van der Waals surface area contributed by atoms with Crippen LogP contribution in [-0.2, 0) is 11.2 Å². The van der Waals surface area contributed by atoms with Gasteiger partial charge in [0, 0.05) is 51.5 Å².